The van der Waals surface area contributed by atoms with Gasteiger partial charge in [0, 0.05) is 31.7 Å². The highest BCUT2D eigenvalue weighted by atomic mass is 15.2. The van der Waals surface area contributed by atoms with Gasteiger partial charge < -0.3 is 15.5 Å². The fourth-order valence-electron chi connectivity index (χ4n) is 2.20. The molecule has 0 bridgehead atoms. The van der Waals surface area contributed by atoms with Gasteiger partial charge in [0.25, 0.3) is 0 Å². The number of likely N-dealkylation sites (N-methyl/N-ethyl adjacent to an activating group) is 2. The molecular formula is C15H21N5. The first-order valence-corrected chi connectivity index (χ1v) is 6.58. The second-order valence-electron chi connectivity index (χ2n) is 5.18. The SMILES string of the molecule is CN(C)CCN(C)c1c(C(=N)N)cnc2ccccc12. The zero-order valence-corrected chi connectivity index (χ0v) is 12.2. The molecule has 0 atom stereocenters. The maximum absolute atomic E-state index is 7.76. The first-order valence-electron chi connectivity index (χ1n) is 6.58. The predicted molar refractivity (Wildman–Crippen MR) is 84.6 cm³/mol. The highest BCUT2D eigenvalue weighted by Gasteiger charge is 2.14. The van der Waals surface area contributed by atoms with E-state index in [1.807, 2.05) is 45.4 Å². The van der Waals surface area contributed by atoms with Crippen LogP contribution in [-0.2, 0) is 0 Å². The molecule has 1 heterocycles. The Morgan fingerprint density at radius 2 is 1.90 bits per heavy atom. The molecule has 0 unspecified atom stereocenters. The van der Waals surface area contributed by atoms with Crippen LogP contribution in [0.15, 0.2) is 30.5 Å². The Morgan fingerprint density at radius 1 is 1.20 bits per heavy atom. The van der Waals surface area contributed by atoms with Crippen LogP contribution in [0.25, 0.3) is 10.9 Å². The molecule has 2 rings (SSSR count). The van der Waals surface area contributed by atoms with Crippen molar-refractivity contribution in [2.75, 3.05) is 39.1 Å². The summed E-state index contributed by atoms with van der Waals surface area (Å²) in [6.07, 6.45) is 1.69. The van der Waals surface area contributed by atoms with Crippen molar-refractivity contribution in [3.05, 3.63) is 36.0 Å². The van der Waals surface area contributed by atoms with Crippen LogP contribution in [0, 0.1) is 5.41 Å². The molecule has 5 nitrogen and oxygen atoms in total. The van der Waals surface area contributed by atoms with Crippen molar-refractivity contribution in [3.8, 4) is 0 Å². The average Bonchev–Trinajstić information content (AvgIpc) is 2.43. The van der Waals surface area contributed by atoms with Gasteiger partial charge in [0.1, 0.15) is 5.84 Å². The first kappa shape index (κ1) is 14.3. The van der Waals surface area contributed by atoms with Gasteiger partial charge in [-0.2, -0.15) is 0 Å². The fraction of sp³-hybridized carbons (Fsp3) is 0.333. The third kappa shape index (κ3) is 2.88. The Kier molecular flexibility index (Phi) is 4.20. The number of hydrogen-bond acceptors (Lipinski definition) is 4. The molecule has 0 aliphatic carbocycles. The van der Waals surface area contributed by atoms with Gasteiger partial charge in [-0.1, -0.05) is 18.2 Å². The summed E-state index contributed by atoms with van der Waals surface area (Å²) in [5.41, 5.74) is 8.29. The monoisotopic (exact) mass is 271 g/mol. The molecule has 3 N–H and O–H groups in total. The van der Waals surface area contributed by atoms with E-state index < -0.39 is 0 Å². The Bertz CT molecular complexity index is 621. The molecule has 0 amide bonds. The molecule has 20 heavy (non-hydrogen) atoms. The summed E-state index contributed by atoms with van der Waals surface area (Å²) in [5.74, 6) is 0.0509. The van der Waals surface area contributed by atoms with E-state index in [1.165, 1.54) is 0 Å². The Labute approximate surface area is 119 Å². The summed E-state index contributed by atoms with van der Waals surface area (Å²) in [5, 5.41) is 8.79. The second kappa shape index (κ2) is 5.88. The standard InChI is InChI=1S/C15H21N5/c1-19(2)8-9-20(3)14-11-6-4-5-7-13(11)18-10-12(14)15(16)17/h4-7,10H,8-9H2,1-3H3,(H3,16,17). The number of pyridine rings is 1. The van der Waals surface area contributed by atoms with Crippen LogP contribution in [0.2, 0.25) is 0 Å². The summed E-state index contributed by atoms with van der Waals surface area (Å²) < 4.78 is 0. The Balaban J connectivity index is 2.51. The van der Waals surface area contributed by atoms with Crippen molar-refractivity contribution in [3.63, 3.8) is 0 Å². The number of benzene rings is 1. The normalized spacial score (nSPS) is 11.0. The number of hydrogen-bond donors (Lipinski definition) is 2. The lowest BCUT2D eigenvalue weighted by molar-refractivity contribution is 0.416. The molecule has 106 valence electrons. The summed E-state index contributed by atoms with van der Waals surface area (Å²) in [7, 11) is 6.12. The number of amidine groups is 1. The largest absolute Gasteiger partial charge is 0.384 e. The zero-order chi connectivity index (χ0) is 14.7. The van der Waals surface area contributed by atoms with Gasteiger partial charge in [-0.3, -0.25) is 10.4 Å². The number of aromatic nitrogens is 1. The van der Waals surface area contributed by atoms with Gasteiger partial charge in [0.15, 0.2) is 0 Å². The van der Waals surface area contributed by atoms with Gasteiger partial charge in [0.2, 0.25) is 0 Å². The molecule has 1 aromatic heterocycles. The van der Waals surface area contributed by atoms with Crippen molar-refractivity contribution < 1.29 is 0 Å². The Hall–Kier alpha value is -2.14. The average molecular weight is 271 g/mol. The van der Waals surface area contributed by atoms with Crippen molar-refractivity contribution >= 4 is 22.4 Å². The summed E-state index contributed by atoms with van der Waals surface area (Å²) in [6, 6.07) is 7.95. The highest BCUT2D eigenvalue weighted by Crippen LogP contribution is 2.28. The minimum Gasteiger partial charge on any atom is -0.384 e. The number of anilines is 1. The molecule has 0 aliphatic rings. The maximum atomic E-state index is 7.76. The van der Waals surface area contributed by atoms with E-state index in [9.17, 15) is 0 Å². The summed E-state index contributed by atoms with van der Waals surface area (Å²) in [4.78, 5) is 8.65. The first-order chi connectivity index (χ1) is 9.50. The fourth-order valence-corrected chi connectivity index (χ4v) is 2.20. The van der Waals surface area contributed by atoms with Gasteiger partial charge in [-0.05, 0) is 20.2 Å². The number of nitrogens with zero attached hydrogens (tertiary/aromatic N) is 3. The van der Waals surface area contributed by atoms with Crippen LogP contribution in [0.4, 0.5) is 5.69 Å². The van der Waals surface area contributed by atoms with Crippen LogP contribution in [0.1, 0.15) is 5.56 Å². The van der Waals surface area contributed by atoms with E-state index in [4.69, 9.17) is 11.1 Å². The van der Waals surface area contributed by atoms with E-state index >= 15 is 0 Å². The summed E-state index contributed by atoms with van der Waals surface area (Å²) >= 11 is 0. The minimum absolute atomic E-state index is 0.0509. The molecule has 0 spiro atoms. The number of nitrogens with two attached hydrogens (primary N) is 1. The minimum atomic E-state index is 0.0509. The van der Waals surface area contributed by atoms with Crippen LogP contribution >= 0.6 is 0 Å². The van der Waals surface area contributed by atoms with E-state index in [1.54, 1.807) is 6.20 Å². The van der Waals surface area contributed by atoms with Gasteiger partial charge in [0.05, 0.1) is 16.8 Å². The number of para-hydroxylation sites is 1. The van der Waals surface area contributed by atoms with Crippen LogP contribution in [-0.4, -0.2) is 50.0 Å². The second-order valence-corrected chi connectivity index (χ2v) is 5.18. The molecule has 0 fully saturated rings. The molecule has 0 saturated carbocycles. The quantitative estimate of drug-likeness (QED) is 0.639. The molecule has 1 aromatic carbocycles. The number of nitrogens with one attached hydrogen (secondary N) is 1. The lowest BCUT2D eigenvalue weighted by atomic mass is 10.1. The van der Waals surface area contributed by atoms with Crippen molar-refractivity contribution in [2.45, 2.75) is 0 Å². The zero-order valence-electron chi connectivity index (χ0n) is 12.2. The number of rotatable bonds is 5. The smallest absolute Gasteiger partial charge is 0.126 e. The van der Waals surface area contributed by atoms with E-state index in [-0.39, 0.29) is 5.84 Å². The lowest BCUT2D eigenvalue weighted by Crippen LogP contribution is -2.30. The molecular weight excluding hydrogens is 250 g/mol. The molecule has 0 radical (unpaired) electrons. The summed E-state index contributed by atoms with van der Waals surface area (Å²) in [6.45, 7) is 1.80. The van der Waals surface area contributed by atoms with Crippen molar-refractivity contribution in [1.82, 2.24) is 9.88 Å². The highest BCUT2D eigenvalue weighted by molar-refractivity contribution is 6.07. The molecule has 0 saturated heterocycles. The molecule has 0 aliphatic heterocycles. The molecule has 5 heteroatoms. The van der Waals surface area contributed by atoms with Gasteiger partial charge >= 0.3 is 0 Å². The van der Waals surface area contributed by atoms with Crippen LogP contribution in [0.5, 0.6) is 0 Å². The molecule has 2 aromatic rings. The van der Waals surface area contributed by atoms with Gasteiger partial charge in [-0.25, -0.2) is 0 Å². The third-order valence-corrected chi connectivity index (χ3v) is 3.30. The van der Waals surface area contributed by atoms with Crippen LogP contribution < -0.4 is 10.6 Å². The van der Waals surface area contributed by atoms with E-state index in [0.717, 1.165) is 29.7 Å². The Morgan fingerprint density at radius 3 is 2.55 bits per heavy atom. The van der Waals surface area contributed by atoms with Gasteiger partial charge in [-0.15, -0.1) is 0 Å². The van der Waals surface area contributed by atoms with E-state index in [0.29, 0.717) is 5.56 Å². The maximum Gasteiger partial charge on any atom is 0.126 e. The lowest BCUT2D eigenvalue weighted by Gasteiger charge is -2.25. The number of nitrogen functional groups attached to an aromatic ring is 1. The van der Waals surface area contributed by atoms with Crippen molar-refractivity contribution in [2.24, 2.45) is 5.73 Å². The van der Waals surface area contributed by atoms with Crippen molar-refractivity contribution in [1.29, 1.82) is 5.41 Å². The third-order valence-electron chi connectivity index (χ3n) is 3.30. The van der Waals surface area contributed by atoms with Crippen LogP contribution in [0.3, 0.4) is 0 Å². The number of fused-ring (bicyclic) bond motifs is 1. The van der Waals surface area contributed by atoms with E-state index in [2.05, 4.69) is 14.8 Å². The predicted octanol–water partition coefficient (Wildman–Crippen LogP) is 1.52. The topological polar surface area (TPSA) is 69.2 Å².